The minimum Gasteiger partial charge on any atom is -0.447 e. The second-order valence-electron chi connectivity index (χ2n) is 39.1. The van der Waals surface area contributed by atoms with Crippen LogP contribution < -0.4 is 42.5 Å². The van der Waals surface area contributed by atoms with Gasteiger partial charge in [-0.3, -0.25) is 33.6 Å². The Bertz CT molecular complexity index is 2880. The third-order valence-electron chi connectivity index (χ3n) is 26.3. The monoisotopic (exact) mass is 2020 g/mol. The number of aliphatic hydroxyl groups excluding tert-OH is 9. The maximum atomic E-state index is 14.3. The van der Waals surface area contributed by atoms with Gasteiger partial charge in [0.1, 0.15) is 54.9 Å². The summed E-state index contributed by atoms with van der Waals surface area (Å²) in [7, 11) is 0. The molecule has 8 amide bonds. The topological polar surface area (TPSA) is 526 Å². The maximum absolute atomic E-state index is 14.3. The number of alkyl carbamates (subject to hydrolysis) is 1. The summed E-state index contributed by atoms with van der Waals surface area (Å²) in [6.45, 7) is 11.1. The summed E-state index contributed by atoms with van der Waals surface area (Å²) in [5.41, 5.74) is -1.45. The first-order valence-electron chi connectivity index (χ1n) is 54.9. The van der Waals surface area contributed by atoms with E-state index in [9.17, 15) is 84.3 Å². The standard InChI is InChI=1S/C104H196N8O29/c1-6-8-10-12-14-16-18-20-22-24-26-28-30-32-34-42-64-130-75-83(134-65-43-35-33-31-29-27-25-23-21-19-17-15-13-11-9-7-2)76-138-103(129)111-57-41-36-37-53-93(122)112-104(77-131-69-54-90(119)108-61-47-58-105-87(116)50-38-44-66-135-100-80(3)94(123)97(126)84(72-113)139-100,78-132-70-55-91(120)109-62-48-59-106-88(117)51-39-45-67-136-101-81(4)95(124)98(127)85(73-114)140-101)79-133-71-56-92(121)110-63-49-60-107-89(118)52-40-46-68-137-102-82(5)96(125)99(128)86(74-115)141-102/h80-86,94-102,113-115,123-128H,6-79H2,1-5H3,(H,105,116)(H,106,117)(H,107,118)(H,108,119)(H,109,120)(H,110,121)(H,111,129)(H,112,122). The Balaban J connectivity index is 1.63. The van der Waals surface area contributed by atoms with E-state index in [2.05, 4.69) is 56.4 Å². The highest BCUT2D eigenvalue weighted by molar-refractivity contribution is 5.78. The number of rotatable bonds is 94. The van der Waals surface area contributed by atoms with Crippen LogP contribution in [0.4, 0.5) is 4.79 Å². The second-order valence-corrected chi connectivity index (χ2v) is 39.1. The molecule has 3 aliphatic heterocycles. The predicted octanol–water partition coefficient (Wildman–Crippen LogP) is 9.93. The van der Waals surface area contributed by atoms with Crippen molar-refractivity contribution in [1.29, 1.82) is 0 Å². The summed E-state index contributed by atoms with van der Waals surface area (Å²) in [6, 6.07) is 0. The molecule has 3 heterocycles. The van der Waals surface area contributed by atoms with E-state index >= 15 is 0 Å². The van der Waals surface area contributed by atoms with E-state index in [-0.39, 0.29) is 192 Å². The van der Waals surface area contributed by atoms with Crippen LogP contribution in [0.2, 0.25) is 0 Å². The van der Waals surface area contributed by atoms with Gasteiger partial charge < -0.3 is 145 Å². The van der Waals surface area contributed by atoms with Crippen LogP contribution in [0, 0.1) is 17.8 Å². The van der Waals surface area contributed by atoms with Gasteiger partial charge in [0.05, 0.1) is 84.4 Å². The molecule has 141 heavy (non-hydrogen) atoms. The zero-order valence-corrected chi connectivity index (χ0v) is 87.3. The van der Waals surface area contributed by atoms with Crippen LogP contribution in [0.3, 0.4) is 0 Å². The lowest BCUT2D eigenvalue weighted by Crippen LogP contribution is -2.58. The van der Waals surface area contributed by atoms with Crippen LogP contribution in [0.1, 0.15) is 362 Å². The Morgan fingerprint density at radius 2 is 0.539 bits per heavy atom. The lowest BCUT2D eigenvalue weighted by molar-refractivity contribution is -0.282. The molecule has 17 N–H and O–H groups in total. The minimum absolute atomic E-state index is 0.0317. The Morgan fingerprint density at radius 3 is 0.851 bits per heavy atom. The largest absolute Gasteiger partial charge is 0.447 e. The van der Waals surface area contributed by atoms with E-state index in [0.717, 1.165) is 32.1 Å². The van der Waals surface area contributed by atoms with Crippen molar-refractivity contribution >= 4 is 47.4 Å². The number of hydrogen-bond donors (Lipinski definition) is 17. The van der Waals surface area contributed by atoms with E-state index in [4.69, 9.17) is 56.8 Å². The second kappa shape index (κ2) is 86.7. The number of amides is 8. The molecule has 16 unspecified atom stereocenters. The number of hydrogen-bond acceptors (Lipinski definition) is 29. The fraction of sp³-hybridized carbons (Fsp3) is 0.923. The van der Waals surface area contributed by atoms with Crippen LogP contribution in [0.5, 0.6) is 0 Å². The molecule has 0 saturated carbocycles. The van der Waals surface area contributed by atoms with E-state index < -0.39 is 135 Å². The van der Waals surface area contributed by atoms with Gasteiger partial charge in [-0.2, -0.15) is 0 Å². The Morgan fingerprint density at radius 1 is 0.277 bits per heavy atom. The molecule has 0 aromatic rings. The number of carbonyl (C=O) groups is 8. The Labute approximate surface area is 844 Å². The van der Waals surface area contributed by atoms with E-state index in [0.29, 0.717) is 96.9 Å². The molecule has 0 radical (unpaired) electrons. The molecule has 3 saturated heterocycles. The highest BCUT2D eigenvalue weighted by Crippen LogP contribution is 2.31. The molecule has 37 nitrogen and oxygen atoms in total. The number of aliphatic hydroxyl groups is 9. The van der Waals surface area contributed by atoms with Crippen molar-refractivity contribution in [3.63, 3.8) is 0 Å². The van der Waals surface area contributed by atoms with Gasteiger partial charge in [-0.25, -0.2) is 4.79 Å². The van der Waals surface area contributed by atoms with Gasteiger partial charge in [0.15, 0.2) is 18.9 Å². The normalized spacial score (nSPS) is 22.0. The van der Waals surface area contributed by atoms with E-state index in [1.54, 1.807) is 20.8 Å². The predicted molar refractivity (Wildman–Crippen MR) is 537 cm³/mol. The lowest BCUT2D eigenvalue weighted by Gasteiger charge is -2.40. The Kier molecular flexibility index (Phi) is 79.9. The minimum atomic E-state index is -1.45. The summed E-state index contributed by atoms with van der Waals surface area (Å²) < 4.78 is 70.9. The summed E-state index contributed by atoms with van der Waals surface area (Å²) in [5, 5.41) is 113. The highest BCUT2D eigenvalue weighted by atomic mass is 16.7. The van der Waals surface area contributed by atoms with Crippen molar-refractivity contribution < 1.29 is 141 Å². The third-order valence-corrected chi connectivity index (χ3v) is 26.3. The molecule has 0 aliphatic carbocycles. The lowest BCUT2D eigenvalue weighted by atomic mass is 9.92. The average molecular weight is 2020 g/mol. The first-order chi connectivity index (χ1) is 68.4. The summed E-state index contributed by atoms with van der Waals surface area (Å²) in [4.78, 5) is 105. The average Bonchev–Trinajstić information content (AvgIpc) is 0.823. The highest BCUT2D eigenvalue weighted by Gasteiger charge is 2.45. The fourth-order valence-corrected chi connectivity index (χ4v) is 17.1. The van der Waals surface area contributed by atoms with Crippen LogP contribution in [-0.4, -0.2) is 330 Å². The van der Waals surface area contributed by atoms with Crippen molar-refractivity contribution in [2.24, 2.45) is 17.8 Å². The van der Waals surface area contributed by atoms with Crippen LogP contribution in [-0.2, 0) is 90.4 Å². The van der Waals surface area contributed by atoms with E-state index in [1.165, 1.54) is 173 Å². The van der Waals surface area contributed by atoms with Crippen LogP contribution in [0.25, 0.3) is 0 Å². The van der Waals surface area contributed by atoms with Gasteiger partial charge in [-0.05, 0) is 83.5 Å². The first-order valence-corrected chi connectivity index (χ1v) is 54.9. The van der Waals surface area contributed by atoms with Crippen molar-refractivity contribution in [3.8, 4) is 0 Å². The molecule has 16 atom stereocenters. The first kappa shape index (κ1) is 130. The van der Waals surface area contributed by atoms with Crippen molar-refractivity contribution in [1.82, 2.24) is 42.5 Å². The maximum Gasteiger partial charge on any atom is 0.407 e. The third kappa shape index (κ3) is 65.3. The molecule has 3 aliphatic rings. The van der Waals surface area contributed by atoms with Crippen molar-refractivity contribution in [2.75, 3.05) is 152 Å². The van der Waals surface area contributed by atoms with Crippen molar-refractivity contribution in [2.45, 2.75) is 448 Å². The van der Waals surface area contributed by atoms with Crippen LogP contribution in [0.15, 0.2) is 0 Å². The zero-order chi connectivity index (χ0) is 103. The number of unbranched alkanes of at least 4 members (excludes halogenated alkanes) is 35. The summed E-state index contributed by atoms with van der Waals surface area (Å²) >= 11 is 0. The smallest absolute Gasteiger partial charge is 0.407 e. The quantitative estimate of drug-likeness (QED) is 0.0252. The molecular formula is C104H196N8O29. The van der Waals surface area contributed by atoms with Crippen LogP contribution >= 0.6 is 0 Å². The van der Waals surface area contributed by atoms with Crippen molar-refractivity contribution in [3.05, 3.63) is 0 Å². The number of carbonyl (C=O) groups excluding carboxylic acids is 8. The molecule has 3 fully saturated rings. The molecule has 0 spiro atoms. The molecule has 0 aromatic carbocycles. The zero-order valence-electron chi connectivity index (χ0n) is 87.3. The summed E-state index contributed by atoms with van der Waals surface area (Å²) in [6.07, 6.45) is 33.6. The number of ether oxygens (including phenoxy) is 12. The van der Waals surface area contributed by atoms with Gasteiger partial charge in [-0.1, -0.05) is 234 Å². The van der Waals surface area contributed by atoms with E-state index in [1.807, 2.05) is 0 Å². The fourth-order valence-electron chi connectivity index (χ4n) is 17.1. The Hall–Kier alpha value is -5.24. The SMILES string of the molecule is CCCCCCCCCCCCCCCCCCOCC(COC(=O)NCCCCCC(=O)NC(COCCC(=O)NCCCNC(=O)CCCCOC1OC(CO)C(O)C(O)C1C)(COCCC(=O)NCCCNC(=O)CCCCOC1OC(CO)C(O)C(O)C1C)COCCC(=O)NCCCNC(=O)CCCCOC1OC(CO)C(O)C(O)C1C)OCCCCCCCCCCCCCCCCCC. The van der Waals surface area contributed by atoms with Gasteiger partial charge in [0.25, 0.3) is 0 Å². The van der Waals surface area contributed by atoms with Gasteiger partial charge >= 0.3 is 6.09 Å². The van der Waals surface area contributed by atoms with Gasteiger partial charge in [-0.15, -0.1) is 0 Å². The molecule has 3 rings (SSSR count). The number of nitrogens with one attached hydrogen (secondary N) is 8. The molecule has 826 valence electrons. The van der Waals surface area contributed by atoms with Gasteiger partial charge in [0, 0.05) is 142 Å². The molecule has 0 bridgehead atoms. The molecule has 0 aromatic heterocycles. The molecule has 37 heteroatoms. The molecular weight excluding hydrogens is 1830 g/mol. The van der Waals surface area contributed by atoms with Gasteiger partial charge in [0.2, 0.25) is 41.4 Å². The summed E-state index contributed by atoms with van der Waals surface area (Å²) in [5.74, 6) is -3.65.